The average Bonchev–Trinajstić information content (AvgIpc) is 2.78. The number of hydrogen-bond acceptors (Lipinski definition) is 5. The number of aromatic nitrogens is 2. The van der Waals surface area contributed by atoms with Crippen molar-refractivity contribution in [3.8, 4) is 0 Å². The number of anilines is 1. The first-order chi connectivity index (χ1) is 17.0. The van der Waals surface area contributed by atoms with E-state index in [2.05, 4.69) is 20.2 Å². The van der Waals surface area contributed by atoms with E-state index in [1.807, 2.05) is 30.9 Å². The van der Waals surface area contributed by atoms with Crippen LogP contribution in [0, 0.1) is 11.2 Å². The first-order valence-electron chi connectivity index (χ1n) is 12.2. The zero-order chi connectivity index (χ0) is 25.7. The topological polar surface area (TPSA) is 64.6 Å². The Morgan fingerprint density at radius 3 is 2.31 bits per heavy atom. The van der Waals surface area contributed by atoms with E-state index < -0.39 is 11.7 Å². The molecule has 1 aliphatic carbocycles. The SMILES string of the molecule is C[C@@H]1CN(c2ncc(C(F)(F)F)cn2)[C@@H](C)CN1C(=O)NC1CC2(C1)CN(Cc1ccc(F)cc1)C2. The van der Waals surface area contributed by atoms with Crippen molar-refractivity contribution in [3.05, 3.63) is 53.6 Å². The number of nitrogens with one attached hydrogen (secondary N) is 1. The lowest BCUT2D eigenvalue weighted by atomic mass is 9.60. The van der Waals surface area contributed by atoms with E-state index >= 15 is 0 Å². The predicted octanol–water partition coefficient (Wildman–Crippen LogP) is 3.91. The molecule has 2 saturated heterocycles. The Kier molecular flexibility index (Phi) is 6.30. The van der Waals surface area contributed by atoms with E-state index in [1.165, 1.54) is 12.1 Å². The number of hydrogen-bond donors (Lipinski definition) is 1. The van der Waals surface area contributed by atoms with Gasteiger partial charge in [-0.25, -0.2) is 19.2 Å². The molecule has 7 nitrogen and oxygen atoms in total. The van der Waals surface area contributed by atoms with Gasteiger partial charge in [-0.1, -0.05) is 12.1 Å². The number of halogens is 4. The lowest BCUT2D eigenvalue weighted by Gasteiger charge is -2.59. The molecule has 3 fully saturated rings. The maximum absolute atomic E-state index is 13.1. The van der Waals surface area contributed by atoms with Crippen molar-refractivity contribution in [2.24, 2.45) is 5.41 Å². The molecule has 1 aromatic carbocycles. The van der Waals surface area contributed by atoms with Crippen LogP contribution < -0.4 is 10.2 Å². The van der Waals surface area contributed by atoms with Gasteiger partial charge < -0.3 is 15.1 Å². The standard InChI is InChI=1S/C25H30F4N6O/c1-16-12-35(17(2)11-34(16)22-30-9-19(10-31-22)25(27,28)29)23(36)32-21-7-24(8-21)14-33(15-24)13-18-3-5-20(26)6-4-18/h3-6,9-10,16-17,21H,7-8,11-15H2,1-2H3,(H,32,36)/t16-,17+/m0/s1. The van der Waals surface area contributed by atoms with Crippen LogP contribution in [-0.4, -0.2) is 70.1 Å². The van der Waals surface area contributed by atoms with Crippen LogP contribution in [0.2, 0.25) is 0 Å². The van der Waals surface area contributed by atoms with Crippen molar-refractivity contribution in [3.63, 3.8) is 0 Å². The normalized spacial score (nSPS) is 24.4. The molecule has 3 aliphatic rings. The van der Waals surface area contributed by atoms with Gasteiger partial charge >= 0.3 is 12.2 Å². The van der Waals surface area contributed by atoms with E-state index in [9.17, 15) is 22.4 Å². The summed E-state index contributed by atoms with van der Waals surface area (Å²) in [4.78, 5) is 26.8. The van der Waals surface area contributed by atoms with Crippen LogP contribution >= 0.6 is 0 Å². The second-order valence-electron chi connectivity index (χ2n) is 10.6. The molecule has 2 aromatic rings. The maximum Gasteiger partial charge on any atom is 0.419 e. The van der Waals surface area contributed by atoms with Crippen LogP contribution in [0.1, 0.15) is 37.8 Å². The van der Waals surface area contributed by atoms with Gasteiger partial charge in [0.2, 0.25) is 5.95 Å². The summed E-state index contributed by atoms with van der Waals surface area (Å²) in [6.45, 7) is 7.47. The summed E-state index contributed by atoms with van der Waals surface area (Å²) in [6, 6.07) is 6.36. The van der Waals surface area contributed by atoms with Crippen LogP contribution in [0.3, 0.4) is 0 Å². The second-order valence-corrected chi connectivity index (χ2v) is 10.6. The summed E-state index contributed by atoms with van der Waals surface area (Å²) in [5, 5.41) is 3.16. The third-order valence-electron chi connectivity index (χ3n) is 7.59. The minimum Gasteiger partial charge on any atom is -0.335 e. The van der Waals surface area contributed by atoms with Gasteiger partial charge in [0, 0.05) is 63.2 Å². The van der Waals surface area contributed by atoms with E-state index in [0.29, 0.717) is 13.1 Å². The van der Waals surface area contributed by atoms with E-state index in [1.54, 1.807) is 4.90 Å². The third kappa shape index (κ3) is 4.98. The number of benzene rings is 1. The van der Waals surface area contributed by atoms with Gasteiger partial charge in [-0.2, -0.15) is 13.2 Å². The highest BCUT2D eigenvalue weighted by atomic mass is 19.4. The van der Waals surface area contributed by atoms with Crippen molar-refractivity contribution in [1.82, 2.24) is 25.1 Å². The molecule has 11 heteroatoms. The highest BCUT2D eigenvalue weighted by Gasteiger charge is 2.52. The van der Waals surface area contributed by atoms with Crippen molar-refractivity contribution >= 4 is 12.0 Å². The van der Waals surface area contributed by atoms with Gasteiger partial charge in [-0.3, -0.25) is 4.90 Å². The molecule has 1 aromatic heterocycles. The molecule has 3 heterocycles. The number of carbonyl (C=O) groups is 1. The molecule has 1 spiro atoms. The number of carbonyl (C=O) groups excluding carboxylic acids is 1. The summed E-state index contributed by atoms with van der Waals surface area (Å²) < 4.78 is 51.5. The Labute approximate surface area is 207 Å². The van der Waals surface area contributed by atoms with Crippen molar-refractivity contribution in [1.29, 1.82) is 0 Å². The molecule has 36 heavy (non-hydrogen) atoms. The molecule has 2 amide bonds. The summed E-state index contributed by atoms with van der Waals surface area (Å²) in [5.74, 6) is 0.00738. The predicted molar refractivity (Wildman–Crippen MR) is 126 cm³/mol. The largest absolute Gasteiger partial charge is 0.419 e. The number of urea groups is 1. The van der Waals surface area contributed by atoms with Crippen molar-refractivity contribution < 1.29 is 22.4 Å². The van der Waals surface area contributed by atoms with Gasteiger partial charge in [0.15, 0.2) is 0 Å². The molecular formula is C25H30F4N6O. The van der Waals surface area contributed by atoms with E-state index in [-0.39, 0.29) is 41.3 Å². The smallest absolute Gasteiger partial charge is 0.335 e. The van der Waals surface area contributed by atoms with E-state index in [0.717, 1.165) is 50.4 Å². The summed E-state index contributed by atoms with van der Waals surface area (Å²) in [7, 11) is 0. The van der Waals surface area contributed by atoms with Gasteiger partial charge in [0.1, 0.15) is 5.82 Å². The fraction of sp³-hybridized carbons (Fsp3) is 0.560. The van der Waals surface area contributed by atoms with Crippen molar-refractivity contribution in [2.45, 2.75) is 57.5 Å². The molecule has 0 radical (unpaired) electrons. The van der Waals surface area contributed by atoms with Gasteiger partial charge in [0.25, 0.3) is 0 Å². The monoisotopic (exact) mass is 506 g/mol. The fourth-order valence-corrected chi connectivity index (χ4v) is 5.77. The molecule has 1 N–H and O–H groups in total. The summed E-state index contributed by atoms with van der Waals surface area (Å²) >= 11 is 0. The molecular weight excluding hydrogens is 476 g/mol. The molecule has 194 valence electrons. The molecule has 2 aliphatic heterocycles. The van der Waals surface area contributed by atoms with Crippen LogP contribution in [0.5, 0.6) is 0 Å². The van der Waals surface area contributed by atoms with E-state index in [4.69, 9.17) is 0 Å². The van der Waals surface area contributed by atoms with Crippen molar-refractivity contribution in [2.75, 3.05) is 31.1 Å². The Hall–Kier alpha value is -2.95. The molecule has 0 unspecified atom stereocenters. The van der Waals surface area contributed by atoms with Gasteiger partial charge in [-0.05, 0) is 49.8 Å². The molecule has 1 saturated carbocycles. The number of nitrogens with zero attached hydrogens (tertiary/aromatic N) is 5. The van der Waals surface area contributed by atoms with Gasteiger partial charge in [0.05, 0.1) is 5.56 Å². The Morgan fingerprint density at radius 1 is 1.06 bits per heavy atom. The van der Waals surface area contributed by atoms with Gasteiger partial charge in [-0.15, -0.1) is 0 Å². The first-order valence-corrected chi connectivity index (χ1v) is 12.2. The Morgan fingerprint density at radius 2 is 1.69 bits per heavy atom. The maximum atomic E-state index is 13.1. The highest BCUT2D eigenvalue weighted by molar-refractivity contribution is 5.75. The second kappa shape index (κ2) is 9.17. The lowest BCUT2D eigenvalue weighted by Crippen LogP contribution is -2.68. The zero-order valence-electron chi connectivity index (χ0n) is 20.3. The fourth-order valence-electron chi connectivity index (χ4n) is 5.77. The summed E-state index contributed by atoms with van der Waals surface area (Å²) in [5.41, 5.74) is 0.475. The zero-order valence-corrected chi connectivity index (χ0v) is 20.3. The number of piperazine rings is 1. The Balaban J connectivity index is 1.08. The quantitative estimate of drug-likeness (QED) is 0.638. The minimum absolute atomic E-state index is 0.107. The molecule has 0 bridgehead atoms. The number of rotatable bonds is 4. The summed E-state index contributed by atoms with van der Waals surface area (Å²) in [6.07, 6.45) is -0.989. The van der Waals surface area contributed by atoms with Crippen LogP contribution in [0.4, 0.5) is 28.3 Å². The minimum atomic E-state index is -4.48. The number of amides is 2. The average molecular weight is 507 g/mol. The third-order valence-corrected chi connectivity index (χ3v) is 7.59. The Bertz CT molecular complexity index is 1080. The lowest BCUT2D eigenvalue weighted by molar-refractivity contribution is -0.138. The number of likely N-dealkylation sites (tertiary alicyclic amines) is 1. The van der Waals surface area contributed by atoms with Crippen LogP contribution in [0.25, 0.3) is 0 Å². The number of alkyl halides is 3. The highest BCUT2D eigenvalue weighted by Crippen LogP contribution is 2.48. The molecule has 5 rings (SSSR count). The van der Waals surface area contributed by atoms with Crippen LogP contribution in [0.15, 0.2) is 36.7 Å². The first kappa shape index (κ1) is 24.7. The molecule has 2 atom stereocenters. The van der Waals surface area contributed by atoms with Crippen LogP contribution in [-0.2, 0) is 12.7 Å².